The second kappa shape index (κ2) is 5.15. The Kier molecular flexibility index (Phi) is 3.60. The van der Waals surface area contributed by atoms with Crippen LogP contribution in [0.15, 0.2) is 29.0 Å². The largest absolute Gasteiger partial charge is 0.399 e. The summed E-state index contributed by atoms with van der Waals surface area (Å²) in [6.45, 7) is 0.752. The van der Waals surface area contributed by atoms with Crippen molar-refractivity contribution < 1.29 is 4.52 Å². The molecule has 0 fully saturated rings. The Hall–Kier alpha value is -1.31. The molecule has 1 aromatic heterocycles. The molecule has 1 heterocycles. The number of nitrogens with one attached hydrogen (secondary N) is 1. The van der Waals surface area contributed by atoms with Gasteiger partial charge in [-0.3, -0.25) is 0 Å². The van der Waals surface area contributed by atoms with Crippen LogP contribution < -0.4 is 11.1 Å². The zero-order valence-electron chi connectivity index (χ0n) is 8.48. The highest BCUT2D eigenvalue weighted by atomic mass is 127. The van der Waals surface area contributed by atoms with Gasteiger partial charge < -0.3 is 15.6 Å². The van der Waals surface area contributed by atoms with Crippen molar-refractivity contribution >= 4 is 34.0 Å². The van der Waals surface area contributed by atoms with E-state index in [9.17, 15) is 0 Å². The summed E-state index contributed by atoms with van der Waals surface area (Å²) in [5.41, 5.74) is 7.50. The Labute approximate surface area is 107 Å². The van der Waals surface area contributed by atoms with Crippen molar-refractivity contribution in [2.24, 2.45) is 0 Å². The number of halogens is 1. The third-order valence-electron chi connectivity index (χ3n) is 2.05. The fourth-order valence-electron chi connectivity index (χ4n) is 1.28. The van der Waals surface area contributed by atoms with E-state index >= 15 is 0 Å². The molecule has 0 aliphatic rings. The summed E-state index contributed by atoms with van der Waals surface area (Å²) in [4.78, 5) is 3.94. The predicted octanol–water partition coefficient (Wildman–Crippen LogP) is 1.91. The van der Waals surface area contributed by atoms with Gasteiger partial charge in [0.05, 0.1) is 0 Å². The molecule has 0 spiro atoms. The summed E-state index contributed by atoms with van der Waals surface area (Å²) >= 11 is 2.25. The maximum atomic E-state index is 5.67. The average molecular weight is 330 g/mol. The van der Waals surface area contributed by atoms with Crippen molar-refractivity contribution in [2.75, 3.05) is 17.6 Å². The molecule has 6 heteroatoms. The molecule has 0 bridgehead atoms. The molecule has 0 saturated heterocycles. The third-order valence-corrected chi connectivity index (χ3v) is 2.95. The predicted molar refractivity (Wildman–Crippen MR) is 70.1 cm³/mol. The van der Waals surface area contributed by atoms with E-state index in [4.69, 9.17) is 10.3 Å². The maximum Gasteiger partial charge on any atom is 0.228 e. The average Bonchev–Trinajstić information content (AvgIpc) is 2.74. The summed E-state index contributed by atoms with van der Waals surface area (Å²) in [5, 5.41) is 6.83. The molecule has 0 atom stereocenters. The number of hydrogen-bond acceptors (Lipinski definition) is 5. The molecular formula is C10H11IN4O. The lowest BCUT2D eigenvalue weighted by atomic mass is 10.3. The lowest BCUT2D eigenvalue weighted by molar-refractivity contribution is 0.380. The van der Waals surface area contributed by atoms with Crippen molar-refractivity contribution in [3.05, 3.63) is 34.0 Å². The smallest absolute Gasteiger partial charge is 0.228 e. The van der Waals surface area contributed by atoms with Gasteiger partial charge in [-0.2, -0.15) is 4.98 Å². The van der Waals surface area contributed by atoms with Crippen LogP contribution in [-0.2, 0) is 6.42 Å². The minimum Gasteiger partial charge on any atom is -0.399 e. The molecule has 84 valence electrons. The normalized spacial score (nSPS) is 10.3. The first-order chi connectivity index (χ1) is 7.75. The quantitative estimate of drug-likeness (QED) is 0.662. The minimum atomic E-state index is 0.637. The second-order valence-electron chi connectivity index (χ2n) is 3.25. The Balaban J connectivity index is 1.90. The van der Waals surface area contributed by atoms with Gasteiger partial charge in [-0.15, -0.1) is 0 Å². The molecule has 0 unspecified atom stereocenters. The van der Waals surface area contributed by atoms with Crippen LogP contribution in [-0.4, -0.2) is 16.7 Å². The van der Waals surface area contributed by atoms with Gasteiger partial charge in [-0.05, 0) is 40.8 Å². The zero-order valence-corrected chi connectivity index (χ0v) is 10.6. The Morgan fingerprint density at radius 2 is 2.31 bits per heavy atom. The Morgan fingerprint density at radius 1 is 1.44 bits per heavy atom. The SMILES string of the molecule is Nc1ccc(NCCc2ncno2)c(I)c1. The molecular weight excluding hydrogens is 319 g/mol. The van der Waals surface area contributed by atoms with Crippen LogP contribution >= 0.6 is 22.6 Å². The van der Waals surface area contributed by atoms with Crippen molar-refractivity contribution in [3.8, 4) is 0 Å². The Bertz CT molecular complexity index is 458. The number of anilines is 2. The third kappa shape index (κ3) is 2.84. The fourth-order valence-corrected chi connectivity index (χ4v) is 2.02. The van der Waals surface area contributed by atoms with Gasteiger partial charge in [0.15, 0.2) is 6.33 Å². The van der Waals surface area contributed by atoms with Crippen molar-refractivity contribution in [3.63, 3.8) is 0 Å². The van der Waals surface area contributed by atoms with E-state index < -0.39 is 0 Å². The van der Waals surface area contributed by atoms with Crippen LogP contribution in [0.2, 0.25) is 0 Å². The number of nitrogen functional groups attached to an aromatic ring is 1. The van der Waals surface area contributed by atoms with Crippen LogP contribution in [0, 0.1) is 3.57 Å². The molecule has 0 saturated carbocycles. The van der Waals surface area contributed by atoms with Crippen LogP contribution in [0.5, 0.6) is 0 Å². The summed E-state index contributed by atoms with van der Waals surface area (Å²) in [7, 11) is 0. The first-order valence-corrected chi connectivity index (χ1v) is 5.88. The molecule has 2 aromatic rings. The van der Waals surface area contributed by atoms with Crippen molar-refractivity contribution in [1.82, 2.24) is 10.1 Å². The number of aromatic nitrogens is 2. The highest BCUT2D eigenvalue weighted by Gasteiger charge is 2.01. The maximum absolute atomic E-state index is 5.67. The van der Waals surface area contributed by atoms with E-state index in [0.29, 0.717) is 12.3 Å². The molecule has 2 rings (SSSR count). The van der Waals surface area contributed by atoms with Gasteiger partial charge in [0.1, 0.15) is 0 Å². The van der Waals surface area contributed by atoms with E-state index in [-0.39, 0.29) is 0 Å². The van der Waals surface area contributed by atoms with E-state index in [1.807, 2.05) is 18.2 Å². The second-order valence-corrected chi connectivity index (χ2v) is 4.41. The topological polar surface area (TPSA) is 77.0 Å². The monoisotopic (exact) mass is 330 g/mol. The fraction of sp³-hybridized carbons (Fsp3) is 0.200. The first-order valence-electron chi connectivity index (χ1n) is 4.80. The van der Waals surface area contributed by atoms with Gasteiger partial charge in [-0.1, -0.05) is 5.16 Å². The van der Waals surface area contributed by atoms with Crippen LogP contribution in [0.4, 0.5) is 11.4 Å². The highest BCUT2D eigenvalue weighted by molar-refractivity contribution is 14.1. The van der Waals surface area contributed by atoms with Crippen LogP contribution in [0.1, 0.15) is 5.89 Å². The molecule has 0 amide bonds. The molecule has 0 radical (unpaired) electrons. The van der Waals surface area contributed by atoms with Crippen LogP contribution in [0.25, 0.3) is 0 Å². The van der Waals surface area contributed by atoms with E-state index in [2.05, 4.69) is 38.0 Å². The number of nitrogens with two attached hydrogens (primary N) is 1. The molecule has 1 aromatic carbocycles. The zero-order chi connectivity index (χ0) is 11.4. The van der Waals surface area contributed by atoms with Crippen molar-refractivity contribution in [2.45, 2.75) is 6.42 Å². The molecule has 16 heavy (non-hydrogen) atoms. The summed E-state index contributed by atoms with van der Waals surface area (Å²) in [6, 6.07) is 5.76. The van der Waals surface area contributed by atoms with Gasteiger partial charge >= 0.3 is 0 Å². The van der Waals surface area contributed by atoms with Gasteiger partial charge in [0, 0.05) is 27.9 Å². The first kappa shape index (κ1) is 11.2. The molecule has 0 aliphatic heterocycles. The molecule has 3 N–H and O–H groups in total. The van der Waals surface area contributed by atoms with Crippen molar-refractivity contribution in [1.29, 1.82) is 0 Å². The van der Waals surface area contributed by atoms with Gasteiger partial charge in [-0.25, -0.2) is 0 Å². The van der Waals surface area contributed by atoms with E-state index in [1.54, 1.807) is 0 Å². The summed E-state index contributed by atoms with van der Waals surface area (Å²) in [6.07, 6.45) is 2.11. The number of benzene rings is 1. The summed E-state index contributed by atoms with van der Waals surface area (Å²) in [5.74, 6) is 0.637. The van der Waals surface area contributed by atoms with E-state index in [0.717, 1.165) is 21.5 Å². The number of hydrogen-bond donors (Lipinski definition) is 2. The minimum absolute atomic E-state index is 0.637. The van der Waals surface area contributed by atoms with Crippen LogP contribution in [0.3, 0.4) is 0 Å². The highest BCUT2D eigenvalue weighted by Crippen LogP contribution is 2.20. The molecule has 0 aliphatic carbocycles. The number of rotatable bonds is 4. The standard InChI is InChI=1S/C10H11IN4O/c11-8-5-7(12)1-2-9(8)13-4-3-10-14-6-15-16-10/h1-2,5-6,13H,3-4,12H2. The summed E-state index contributed by atoms with van der Waals surface area (Å²) < 4.78 is 6.00. The molecule has 5 nitrogen and oxygen atoms in total. The van der Waals surface area contributed by atoms with E-state index in [1.165, 1.54) is 6.33 Å². The number of nitrogens with zero attached hydrogens (tertiary/aromatic N) is 2. The Morgan fingerprint density at radius 3 is 3.00 bits per heavy atom. The van der Waals surface area contributed by atoms with Gasteiger partial charge in [0.25, 0.3) is 0 Å². The van der Waals surface area contributed by atoms with Gasteiger partial charge in [0.2, 0.25) is 5.89 Å². The lowest BCUT2D eigenvalue weighted by Gasteiger charge is -2.07. The lowest BCUT2D eigenvalue weighted by Crippen LogP contribution is -2.06.